The molecule has 0 radical (unpaired) electrons. The van der Waals surface area contributed by atoms with Crippen LogP contribution in [0.4, 0.5) is 0 Å². The molecule has 122 valence electrons. The fraction of sp³-hybridized carbons (Fsp3) is 0. The van der Waals surface area contributed by atoms with Crippen molar-refractivity contribution >= 4 is 11.9 Å². The van der Waals surface area contributed by atoms with Crippen molar-refractivity contribution in [1.29, 1.82) is 5.26 Å². The summed E-state index contributed by atoms with van der Waals surface area (Å²) in [6, 6.07) is 9.62. The summed E-state index contributed by atoms with van der Waals surface area (Å²) in [6.07, 6.45) is 3.95. The van der Waals surface area contributed by atoms with Gasteiger partial charge in [0.2, 0.25) is 0 Å². The molecule has 0 aliphatic rings. The van der Waals surface area contributed by atoms with Crippen LogP contribution in [0.2, 0.25) is 0 Å². The van der Waals surface area contributed by atoms with Crippen LogP contribution in [0, 0.1) is 11.3 Å². The molecule has 0 unspecified atom stereocenters. The van der Waals surface area contributed by atoms with Gasteiger partial charge in [-0.2, -0.15) is 10.4 Å². The number of aromatic nitrogens is 3. The molecule has 0 amide bonds. The van der Waals surface area contributed by atoms with Crippen molar-refractivity contribution in [1.82, 2.24) is 14.8 Å². The smallest absolute Gasteiger partial charge is 0.338 e. The molecule has 0 fully saturated rings. The molecule has 8 nitrogen and oxygen atoms in total. The first-order valence-corrected chi connectivity index (χ1v) is 7.02. The molecular formula is C17H10N4O4. The Morgan fingerprint density at radius 2 is 1.72 bits per heavy atom. The Balaban J connectivity index is 2.01. The third-order valence-electron chi connectivity index (χ3n) is 3.52. The van der Waals surface area contributed by atoms with Crippen LogP contribution in [0.1, 0.15) is 26.3 Å². The van der Waals surface area contributed by atoms with Crippen molar-refractivity contribution in [2.24, 2.45) is 0 Å². The van der Waals surface area contributed by atoms with Gasteiger partial charge in [0.1, 0.15) is 0 Å². The van der Waals surface area contributed by atoms with Crippen LogP contribution >= 0.6 is 0 Å². The Bertz CT molecular complexity index is 1020. The average molecular weight is 334 g/mol. The lowest BCUT2D eigenvalue weighted by atomic mass is 10.0. The van der Waals surface area contributed by atoms with Gasteiger partial charge < -0.3 is 10.2 Å². The molecule has 25 heavy (non-hydrogen) atoms. The largest absolute Gasteiger partial charge is 0.478 e. The molecule has 2 aromatic heterocycles. The first-order chi connectivity index (χ1) is 12.0. The quantitative estimate of drug-likeness (QED) is 0.748. The Labute approximate surface area is 141 Å². The van der Waals surface area contributed by atoms with Gasteiger partial charge in [0, 0.05) is 24.0 Å². The van der Waals surface area contributed by atoms with E-state index in [4.69, 9.17) is 10.2 Å². The second-order valence-electron chi connectivity index (χ2n) is 5.06. The zero-order valence-electron chi connectivity index (χ0n) is 12.6. The second kappa shape index (κ2) is 6.25. The normalized spacial score (nSPS) is 10.2. The Kier molecular flexibility index (Phi) is 3.97. The predicted octanol–water partition coefficient (Wildman–Crippen LogP) is 2.20. The van der Waals surface area contributed by atoms with Crippen molar-refractivity contribution in [3.8, 4) is 23.0 Å². The highest BCUT2D eigenvalue weighted by molar-refractivity contribution is 5.88. The lowest BCUT2D eigenvalue weighted by Gasteiger charge is -2.07. The number of carbonyl (C=O) groups is 2. The van der Waals surface area contributed by atoms with E-state index < -0.39 is 11.9 Å². The summed E-state index contributed by atoms with van der Waals surface area (Å²) in [4.78, 5) is 26.0. The van der Waals surface area contributed by atoms with Gasteiger partial charge in [0.05, 0.1) is 29.0 Å². The fourth-order valence-electron chi connectivity index (χ4n) is 2.24. The van der Waals surface area contributed by atoms with E-state index in [-0.39, 0.29) is 11.1 Å². The highest BCUT2D eigenvalue weighted by Crippen LogP contribution is 2.24. The second-order valence-corrected chi connectivity index (χ2v) is 5.06. The monoisotopic (exact) mass is 334 g/mol. The summed E-state index contributed by atoms with van der Waals surface area (Å²) in [6.45, 7) is 0. The van der Waals surface area contributed by atoms with Crippen LogP contribution in [0.25, 0.3) is 16.9 Å². The molecule has 8 heteroatoms. The maximum atomic E-state index is 10.9. The summed E-state index contributed by atoms with van der Waals surface area (Å²) >= 11 is 0. The molecule has 0 atom stereocenters. The van der Waals surface area contributed by atoms with Gasteiger partial charge in [-0.25, -0.2) is 19.3 Å². The molecule has 0 saturated carbocycles. The average Bonchev–Trinajstić information content (AvgIpc) is 3.11. The van der Waals surface area contributed by atoms with Crippen molar-refractivity contribution in [3.05, 3.63) is 65.6 Å². The van der Waals surface area contributed by atoms with Crippen molar-refractivity contribution in [3.63, 3.8) is 0 Å². The minimum Gasteiger partial charge on any atom is -0.478 e. The number of nitriles is 1. The van der Waals surface area contributed by atoms with Crippen LogP contribution in [0.5, 0.6) is 0 Å². The molecule has 0 bridgehead atoms. The van der Waals surface area contributed by atoms with E-state index in [0.717, 1.165) is 0 Å². The minimum absolute atomic E-state index is 0.00800. The molecule has 0 aliphatic carbocycles. The molecule has 2 heterocycles. The van der Waals surface area contributed by atoms with Crippen LogP contribution in [0.15, 0.2) is 48.9 Å². The zero-order chi connectivity index (χ0) is 18.0. The van der Waals surface area contributed by atoms with Crippen LogP contribution in [-0.2, 0) is 0 Å². The molecule has 3 aromatic rings. The fourth-order valence-corrected chi connectivity index (χ4v) is 2.24. The first-order valence-electron chi connectivity index (χ1n) is 7.02. The van der Waals surface area contributed by atoms with Gasteiger partial charge >= 0.3 is 11.9 Å². The number of pyridine rings is 1. The highest BCUT2D eigenvalue weighted by atomic mass is 16.4. The van der Waals surface area contributed by atoms with Crippen molar-refractivity contribution in [2.45, 2.75) is 0 Å². The van der Waals surface area contributed by atoms with E-state index in [1.165, 1.54) is 41.5 Å². The summed E-state index contributed by atoms with van der Waals surface area (Å²) in [5.74, 6) is -1.84. The van der Waals surface area contributed by atoms with E-state index in [1.54, 1.807) is 12.1 Å². The molecule has 3 rings (SSSR count). The predicted molar refractivity (Wildman–Crippen MR) is 85.4 cm³/mol. The van der Waals surface area contributed by atoms with E-state index >= 15 is 0 Å². The third-order valence-corrected chi connectivity index (χ3v) is 3.52. The number of carboxylic acids is 2. The van der Waals surface area contributed by atoms with Gasteiger partial charge in [-0.15, -0.1) is 0 Å². The summed E-state index contributed by atoms with van der Waals surface area (Å²) < 4.78 is 1.27. The zero-order valence-corrected chi connectivity index (χ0v) is 12.6. The van der Waals surface area contributed by atoms with Crippen molar-refractivity contribution < 1.29 is 19.8 Å². The topological polar surface area (TPSA) is 129 Å². The number of rotatable bonds is 4. The van der Waals surface area contributed by atoms with Gasteiger partial charge in [-0.3, -0.25) is 0 Å². The first kappa shape index (κ1) is 15.9. The third kappa shape index (κ3) is 3.07. The summed E-state index contributed by atoms with van der Waals surface area (Å²) in [5, 5.41) is 31.2. The van der Waals surface area contributed by atoms with E-state index in [9.17, 15) is 14.9 Å². The van der Waals surface area contributed by atoms with Gasteiger partial charge in [-0.05, 0) is 17.7 Å². The molecule has 2 N–H and O–H groups in total. The van der Waals surface area contributed by atoms with E-state index in [2.05, 4.69) is 16.2 Å². The van der Waals surface area contributed by atoms with Crippen LogP contribution < -0.4 is 0 Å². The van der Waals surface area contributed by atoms with Gasteiger partial charge in [0.25, 0.3) is 0 Å². The molecule has 0 saturated heterocycles. The number of benzene rings is 1. The van der Waals surface area contributed by atoms with E-state index in [1.807, 2.05) is 0 Å². The number of carboxylic acid groups (broad SMARTS) is 2. The maximum absolute atomic E-state index is 10.9. The van der Waals surface area contributed by atoms with Crippen molar-refractivity contribution in [2.75, 3.05) is 0 Å². The van der Waals surface area contributed by atoms with Crippen LogP contribution in [-0.4, -0.2) is 36.9 Å². The maximum Gasteiger partial charge on any atom is 0.338 e. The highest BCUT2D eigenvalue weighted by Gasteiger charge is 2.12. The summed E-state index contributed by atoms with van der Waals surface area (Å²) in [7, 11) is 0. The number of hydrogen-bond donors (Lipinski definition) is 2. The standard InChI is InChI=1S/C17H10N4O4/c18-6-12-5-15(21-9-13(7-20-21)17(24)25)19-8-14(12)10-1-3-11(4-2-10)16(22)23/h1-5,7-9H,(H,22,23)(H,24,25). The lowest BCUT2D eigenvalue weighted by molar-refractivity contribution is 0.0686. The van der Waals surface area contributed by atoms with E-state index in [0.29, 0.717) is 22.5 Å². The minimum atomic E-state index is -1.11. The molecule has 0 aliphatic heterocycles. The Morgan fingerprint density at radius 3 is 2.28 bits per heavy atom. The molecular weight excluding hydrogens is 324 g/mol. The Morgan fingerprint density at radius 1 is 1.04 bits per heavy atom. The summed E-state index contributed by atoms with van der Waals surface area (Å²) in [5.41, 5.74) is 1.64. The number of hydrogen-bond acceptors (Lipinski definition) is 5. The lowest BCUT2D eigenvalue weighted by Crippen LogP contribution is -2.00. The SMILES string of the molecule is N#Cc1cc(-n2cc(C(=O)O)cn2)ncc1-c1ccc(C(=O)O)cc1. The van der Waals surface area contributed by atoms with Crippen LogP contribution in [0.3, 0.4) is 0 Å². The van der Waals surface area contributed by atoms with Gasteiger partial charge in [0.15, 0.2) is 5.82 Å². The number of nitrogens with zero attached hydrogens (tertiary/aromatic N) is 4. The Hall–Kier alpha value is -3.99. The molecule has 1 aromatic carbocycles. The van der Waals surface area contributed by atoms with Gasteiger partial charge in [-0.1, -0.05) is 12.1 Å². The molecule has 0 spiro atoms. The number of aromatic carboxylic acids is 2.